The van der Waals surface area contributed by atoms with Gasteiger partial charge in [-0.05, 0) is 54.7 Å². The van der Waals surface area contributed by atoms with Crippen molar-refractivity contribution in [3.05, 3.63) is 35.6 Å². The van der Waals surface area contributed by atoms with Crippen LogP contribution in [0.1, 0.15) is 30.7 Å². The predicted molar refractivity (Wildman–Crippen MR) is 67.8 cm³/mol. The molecule has 0 radical (unpaired) electrons. The van der Waals surface area contributed by atoms with Crippen LogP contribution in [-0.2, 0) is 0 Å². The summed E-state index contributed by atoms with van der Waals surface area (Å²) >= 11 is 2.58. The van der Waals surface area contributed by atoms with Gasteiger partial charge >= 0.3 is 0 Å². The first-order chi connectivity index (χ1) is 7.25. The van der Waals surface area contributed by atoms with E-state index in [9.17, 15) is 4.39 Å². The molecule has 2 aliphatic carbocycles. The molecular formula is C13H14FI. The van der Waals surface area contributed by atoms with E-state index in [0.717, 1.165) is 15.8 Å². The zero-order chi connectivity index (χ0) is 10.4. The highest BCUT2D eigenvalue weighted by Gasteiger charge is 2.46. The van der Waals surface area contributed by atoms with Gasteiger partial charge in [0.25, 0.3) is 0 Å². The molecule has 1 aromatic carbocycles. The van der Waals surface area contributed by atoms with Crippen molar-refractivity contribution < 1.29 is 4.39 Å². The lowest BCUT2D eigenvalue weighted by Crippen LogP contribution is -2.20. The zero-order valence-electron chi connectivity index (χ0n) is 8.50. The van der Waals surface area contributed by atoms with E-state index in [0.29, 0.717) is 5.92 Å². The van der Waals surface area contributed by atoms with Crippen LogP contribution in [0.5, 0.6) is 0 Å². The summed E-state index contributed by atoms with van der Waals surface area (Å²) in [5.74, 6) is 2.24. The number of rotatable bonds is 1. The monoisotopic (exact) mass is 316 g/mol. The maximum atomic E-state index is 13.2. The lowest BCUT2D eigenvalue weighted by atomic mass is 9.83. The summed E-state index contributed by atoms with van der Waals surface area (Å²) in [6, 6.07) is 7.22. The lowest BCUT2D eigenvalue weighted by Gasteiger charge is -2.27. The molecule has 4 atom stereocenters. The average Bonchev–Trinajstić information content (AvgIpc) is 2.77. The van der Waals surface area contributed by atoms with Gasteiger partial charge in [0, 0.05) is 3.92 Å². The molecule has 2 heteroatoms. The van der Waals surface area contributed by atoms with E-state index in [-0.39, 0.29) is 5.82 Å². The first-order valence-corrected chi connectivity index (χ1v) is 6.90. The molecule has 1 aromatic rings. The number of hydrogen-bond donors (Lipinski definition) is 0. The number of benzene rings is 1. The second-order valence-electron chi connectivity index (χ2n) is 4.86. The van der Waals surface area contributed by atoms with Crippen molar-refractivity contribution >= 4 is 22.6 Å². The number of halogens is 2. The molecule has 0 unspecified atom stereocenters. The summed E-state index contributed by atoms with van der Waals surface area (Å²) < 4.78 is 13.9. The van der Waals surface area contributed by atoms with E-state index in [2.05, 4.69) is 28.7 Å². The Bertz CT molecular complexity index is 375. The molecule has 0 aromatic heterocycles. The van der Waals surface area contributed by atoms with Crippen LogP contribution < -0.4 is 0 Å². The van der Waals surface area contributed by atoms with Crippen LogP contribution in [-0.4, -0.2) is 3.92 Å². The summed E-state index contributed by atoms with van der Waals surface area (Å²) in [5, 5.41) is 0. The zero-order valence-corrected chi connectivity index (χ0v) is 10.7. The first-order valence-electron chi connectivity index (χ1n) is 5.65. The molecule has 2 fully saturated rings. The SMILES string of the molecule is Fc1cccc([C@@H]2[C@H]3CC[C@H](C3)[C@@H]2I)c1. The van der Waals surface area contributed by atoms with E-state index in [1.54, 1.807) is 12.1 Å². The highest BCUT2D eigenvalue weighted by molar-refractivity contribution is 14.1. The van der Waals surface area contributed by atoms with E-state index in [1.807, 2.05) is 6.07 Å². The molecule has 0 N–H and O–H groups in total. The highest BCUT2D eigenvalue weighted by atomic mass is 127. The summed E-state index contributed by atoms with van der Waals surface area (Å²) in [5.41, 5.74) is 1.22. The number of hydrogen-bond acceptors (Lipinski definition) is 0. The van der Waals surface area contributed by atoms with Crippen molar-refractivity contribution in [2.24, 2.45) is 11.8 Å². The Labute approximate surface area is 103 Å². The smallest absolute Gasteiger partial charge is 0.123 e. The minimum atomic E-state index is -0.0844. The minimum Gasteiger partial charge on any atom is -0.207 e. The van der Waals surface area contributed by atoms with Crippen molar-refractivity contribution in [1.82, 2.24) is 0 Å². The second-order valence-corrected chi connectivity index (χ2v) is 6.30. The van der Waals surface area contributed by atoms with E-state index in [1.165, 1.54) is 24.8 Å². The summed E-state index contributed by atoms with van der Waals surface area (Å²) in [4.78, 5) is 0. The van der Waals surface area contributed by atoms with Crippen LogP contribution >= 0.6 is 22.6 Å². The molecule has 15 heavy (non-hydrogen) atoms. The van der Waals surface area contributed by atoms with Gasteiger partial charge in [-0.3, -0.25) is 0 Å². The standard InChI is InChI=1S/C13H14FI/c14-11-3-1-2-8(7-11)12-9-4-5-10(6-9)13(12)15/h1-3,7,9-10,12-13H,4-6H2/t9-,10+,12+,13-/m0/s1. The summed E-state index contributed by atoms with van der Waals surface area (Å²) in [7, 11) is 0. The molecular weight excluding hydrogens is 302 g/mol. The van der Waals surface area contributed by atoms with Crippen LogP contribution in [0.2, 0.25) is 0 Å². The van der Waals surface area contributed by atoms with E-state index < -0.39 is 0 Å². The van der Waals surface area contributed by atoms with Crippen LogP contribution in [0.25, 0.3) is 0 Å². The van der Waals surface area contributed by atoms with Gasteiger partial charge in [-0.1, -0.05) is 34.7 Å². The van der Waals surface area contributed by atoms with E-state index in [4.69, 9.17) is 0 Å². The Morgan fingerprint density at radius 2 is 2.00 bits per heavy atom. The third-order valence-electron chi connectivity index (χ3n) is 4.05. The molecule has 2 bridgehead atoms. The predicted octanol–water partition coefficient (Wildman–Crippen LogP) is 4.14. The third kappa shape index (κ3) is 1.61. The Morgan fingerprint density at radius 3 is 2.67 bits per heavy atom. The van der Waals surface area contributed by atoms with Gasteiger partial charge in [0.2, 0.25) is 0 Å². The highest BCUT2D eigenvalue weighted by Crippen LogP contribution is 2.56. The third-order valence-corrected chi connectivity index (χ3v) is 5.84. The van der Waals surface area contributed by atoms with Gasteiger partial charge in [-0.2, -0.15) is 0 Å². The number of alkyl halides is 1. The Hall–Kier alpha value is -0.120. The average molecular weight is 316 g/mol. The van der Waals surface area contributed by atoms with Crippen LogP contribution in [0.4, 0.5) is 4.39 Å². The van der Waals surface area contributed by atoms with Crippen molar-refractivity contribution in [2.45, 2.75) is 29.1 Å². The first kappa shape index (κ1) is 10.1. The molecule has 0 spiro atoms. The van der Waals surface area contributed by atoms with Gasteiger partial charge in [0.1, 0.15) is 5.82 Å². The topological polar surface area (TPSA) is 0 Å². The molecule has 2 aliphatic rings. The van der Waals surface area contributed by atoms with E-state index >= 15 is 0 Å². The molecule has 2 saturated carbocycles. The maximum absolute atomic E-state index is 13.2. The largest absolute Gasteiger partial charge is 0.207 e. The molecule has 0 amide bonds. The van der Waals surface area contributed by atoms with Gasteiger partial charge < -0.3 is 0 Å². The van der Waals surface area contributed by atoms with Crippen LogP contribution in [0.15, 0.2) is 24.3 Å². The fourth-order valence-electron chi connectivity index (χ4n) is 3.39. The van der Waals surface area contributed by atoms with Crippen molar-refractivity contribution in [3.8, 4) is 0 Å². The normalized spacial score (nSPS) is 38.5. The van der Waals surface area contributed by atoms with Crippen LogP contribution in [0.3, 0.4) is 0 Å². The van der Waals surface area contributed by atoms with Gasteiger partial charge in [0.05, 0.1) is 0 Å². The van der Waals surface area contributed by atoms with Gasteiger partial charge in [-0.15, -0.1) is 0 Å². The molecule has 80 valence electrons. The van der Waals surface area contributed by atoms with Crippen molar-refractivity contribution in [3.63, 3.8) is 0 Å². The number of fused-ring (bicyclic) bond motifs is 2. The van der Waals surface area contributed by atoms with Crippen molar-refractivity contribution in [2.75, 3.05) is 0 Å². The fourth-order valence-corrected chi connectivity index (χ4v) is 5.05. The molecule has 0 aliphatic heterocycles. The second kappa shape index (κ2) is 3.72. The maximum Gasteiger partial charge on any atom is 0.123 e. The fraction of sp³-hybridized carbons (Fsp3) is 0.538. The Morgan fingerprint density at radius 1 is 1.20 bits per heavy atom. The summed E-state index contributed by atoms with van der Waals surface area (Å²) in [6.07, 6.45) is 4.12. The van der Waals surface area contributed by atoms with Gasteiger partial charge in [0.15, 0.2) is 0 Å². The molecule has 0 heterocycles. The molecule has 3 rings (SSSR count). The molecule has 0 saturated heterocycles. The lowest BCUT2D eigenvalue weighted by molar-refractivity contribution is 0.439. The quantitative estimate of drug-likeness (QED) is 0.539. The summed E-state index contributed by atoms with van der Waals surface area (Å²) in [6.45, 7) is 0. The van der Waals surface area contributed by atoms with Gasteiger partial charge in [-0.25, -0.2) is 4.39 Å². The Balaban J connectivity index is 1.94. The molecule has 0 nitrogen and oxygen atoms in total. The minimum absolute atomic E-state index is 0.0844. The van der Waals surface area contributed by atoms with Crippen molar-refractivity contribution in [1.29, 1.82) is 0 Å². The Kier molecular flexibility index (Phi) is 2.49. The van der Waals surface area contributed by atoms with Crippen LogP contribution in [0, 0.1) is 17.7 Å².